The Kier molecular flexibility index (Phi) is 5.40. The van der Waals surface area contributed by atoms with Crippen LogP contribution in [0.1, 0.15) is 36.1 Å². The molecule has 34 heavy (non-hydrogen) atoms. The average molecular weight is 461 g/mol. The number of carbonyl (C=O) groups excluding carboxylic acids is 1. The summed E-state index contributed by atoms with van der Waals surface area (Å²) in [7, 11) is 0. The minimum absolute atomic E-state index is 0.107. The maximum Gasteiger partial charge on any atom is 0.236 e. The molecule has 4 aliphatic rings. The molecule has 4 heterocycles. The topological polar surface area (TPSA) is 73.7 Å². The van der Waals surface area contributed by atoms with Gasteiger partial charge in [0.25, 0.3) is 0 Å². The van der Waals surface area contributed by atoms with E-state index in [0.717, 1.165) is 23.4 Å². The monoisotopic (exact) mass is 460 g/mol. The van der Waals surface area contributed by atoms with E-state index in [-0.39, 0.29) is 11.7 Å². The van der Waals surface area contributed by atoms with Gasteiger partial charge in [-0.05, 0) is 42.9 Å². The standard InChI is InChI=1S/C26H29FN6O/c27-22-4-2-1-3-20(22)15-32-10-8-26(17-32)23-21(13-30-25(31-23)29-12-18-5-6-18)16-33(24(26)34)14-19-7-9-28-11-19/h1-4,7,9,13,18H,5-6,8,10-12,14-17H2,(H,29,30,31). The van der Waals surface area contributed by atoms with E-state index < -0.39 is 5.41 Å². The van der Waals surface area contributed by atoms with Gasteiger partial charge in [0.2, 0.25) is 11.9 Å². The Morgan fingerprint density at radius 2 is 2.09 bits per heavy atom. The highest BCUT2D eigenvalue weighted by Gasteiger charge is 2.53. The normalized spacial score (nSPS) is 24.1. The van der Waals surface area contributed by atoms with Crippen molar-refractivity contribution in [2.45, 2.75) is 37.8 Å². The summed E-state index contributed by atoms with van der Waals surface area (Å²) in [6.45, 7) is 4.31. The van der Waals surface area contributed by atoms with Crippen LogP contribution in [0.25, 0.3) is 0 Å². The van der Waals surface area contributed by atoms with Crippen LogP contribution < -0.4 is 5.32 Å². The second kappa shape index (κ2) is 8.58. The molecule has 1 spiro atoms. The van der Waals surface area contributed by atoms with Crippen molar-refractivity contribution in [3.8, 4) is 0 Å². The molecule has 7 nitrogen and oxygen atoms in total. The first-order valence-corrected chi connectivity index (χ1v) is 12.1. The van der Waals surface area contributed by atoms with Crippen molar-refractivity contribution < 1.29 is 9.18 Å². The Morgan fingerprint density at radius 3 is 2.88 bits per heavy atom. The summed E-state index contributed by atoms with van der Waals surface area (Å²) < 4.78 is 14.3. The maximum atomic E-state index is 14.3. The number of aromatic nitrogens is 2. The molecule has 8 heteroatoms. The first kappa shape index (κ1) is 21.4. The molecule has 3 aliphatic heterocycles. The van der Waals surface area contributed by atoms with Crippen LogP contribution in [0, 0.1) is 11.7 Å². The summed E-state index contributed by atoms with van der Waals surface area (Å²) in [5.74, 6) is 1.21. The third-order valence-electron chi connectivity index (χ3n) is 7.43. The number of allylic oxidation sites excluding steroid dienone is 1. The van der Waals surface area contributed by atoms with Gasteiger partial charge in [-0.15, -0.1) is 0 Å². The second-order valence-electron chi connectivity index (χ2n) is 10.0. The highest BCUT2D eigenvalue weighted by molar-refractivity contribution is 5.91. The van der Waals surface area contributed by atoms with Crippen LogP contribution in [0.2, 0.25) is 0 Å². The van der Waals surface area contributed by atoms with E-state index in [1.165, 1.54) is 18.9 Å². The molecule has 2 fully saturated rings. The van der Waals surface area contributed by atoms with Crippen LogP contribution in [-0.4, -0.2) is 64.6 Å². The third-order valence-corrected chi connectivity index (χ3v) is 7.43. The van der Waals surface area contributed by atoms with Gasteiger partial charge in [-0.3, -0.25) is 14.7 Å². The summed E-state index contributed by atoms with van der Waals surface area (Å²) in [6, 6.07) is 6.87. The zero-order valence-electron chi connectivity index (χ0n) is 19.2. The summed E-state index contributed by atoms with van der Waals surface area (Å²) in [5, 5.41) is 3.37. The van der Waals surface area contributed by atoms with E-state index in [1.54, 1.807) is 12.3 Å². The Labute approximate surface area is 198 Å². The number of anilines is 1. The number of hydrogen-bond acceptors (Lipinski definition) is 6. The Balaban J connectivity index is 1.31. The molecule has 176 valence electrons. The van der Waals surface area contributed by atoms with Crippen molar-refractivity contribution in [1.82, 2.24) is 19.8 Å². The molecule has 2 aromatic rings. The van der Waals surface area contributed by atoms with Gasteiger partial charge in [0.15, 0.2) is 0 Å². The quantitative estimate of drug-likeness (QED) is 0.688. The number of likely N-dealkylation sites (tertiary alicyclic amines) is 1. The highest BCUT2D eigenvalue weighted by atomic mass is 19.1. The molecule has 1 amide bonds. The molecule has 6 rings (SSSR count). The first-order valence-electron chi connectivity index (χ1n) is 12.1. The summed E-state index contributed by atoms with van der Waals surface area (Å²) >= 11 is 0. The number of amides is 1. The predicted octanol–water partition coefficient (Wildman–Crippen LogP) is 2.93. The summed E-state index contributed by atoms with van der Waals surface area (Å²) in [4.78, 5) is 31.9. The van der Waals surface area contributed by atoms with E-state index >= 15 is 0 Å². The highest BCUT2D eigenvalue weighted by Crippen LogP contribution is 2.42. The predicted molar refractivity (Wildman–Crippen MR) is 128 cm³/mol. The van der Waals surface area contributed by atoms with Gasteiger partial charge in [-0.1, -0.05) is 18.2 Å². The molecule has 0 bridgehead atoms. The average Bonchev–Trinajstić information content (AvgIpc) is 3.35. The third kappa shape index (κ3) is 4.00. The van der Waals surface area contributed by atoms with Gasteiger partial charge in [0.05, 0.1) is 12.2 Å². The molecule has 1 aromatic carbocycles. The van der Waals surface area contributed by atoms with E-state index in [2.05, 4.69) is 20.2 Å². The Hall–Kier alpha value is -3.13. The summed E-state index contributed by atoms with van der Waals surface area (Å²) in [6.07, 6.45) is 8.85. The van der Waals surface area contributed by atoms with Crippen LogP contribution in [0.15, 0.2) is 47.1 Å². The molecule has 1 N–H and O–H groups in total. The Morgan fingerprint density at radius 1 is 1.21 bits per heavy atom. The fourth-order valence-electron chi connectivity index (χ4n) is 5.38. The number of halogens is 1. The molecule has 1 unspecified atom stereocenters. The van der Waals surface area contributed by atoms with E-state index in [0.29, 0.717) is 63.1 Å². The van der Waals surface area contributed by atoms with Crippen molar-refractivity contribution in [3.05, 3.63) is 64.7 Å². The molecule has 1 saturated heterocycles. The molecule has 1 aromatic heterocycles. The van der Waals surface area contributed by atoms with Gasteiger partial charge in [0, 0.05) is 62.8 Å². The van der Waals surface area contributed by atoms with Crippen LogP contribution in [0.4, 0.5) is 10.3 Å². The number of nitrogens with one attached hydrogen (secondary N) is 1. The lowest BCUT2D eigenvalue weighted by molar-refractivity contribution is -0.138. The second-order valence-corrected chi connectivity index (χ2v) is 10.0. The van der Waals surface area contributed by atoms with E-state index in [1.807, 2.05) is 29.3 Å². The maximum absolute atomic E-state index is 14.3. The van der Waals surface area contributed by atoms with E-state index in [4.69, 9.17) is 4.98 Å². The van der Waals surface area contributed by atoms with Crippen molar-refractivity contribution in [2.24, 2.45) is 10.9 Å². The van der Waals surface area contributed by atoms with Crippen LogP contribution in [-0.2, 0) is 23.3 Å². The minimum Gasteiger partial charge on any atom is -0.354 e. The minimum atomic E-state index is -0.738. The number of rotatable bonds is 7. The largest absolute Gasteiger partial charge is 0.354 e. The van der Waals surface area contributed by atoms with Crippen LogP contribution in [0.3, 0.4) is 0 Å². The number of carbonyl (C=O) groups is 1. The molecule has 1 saturated carbocycles. The van der Waals surface area contributed by atoms with Crippen LogP contribution in [0.5, 0.6) is 0 Å². The molecular formula is C26H29FN6O. The molecule has 0 radical (unpaired) electrons. The Bertz CT molecular complexity index is 1180. The van der Waals surface area contributed by atoms with Gasteiger partial charge in [-0.25, -0.2) is 14.4 Å². The van der Waals surface area contributed by atoms with Crippen molar-refractivity contribution in [1.29, 1.82) is 0 Å². The van der Waals surface area contributed by atoms with E-state index in [9.17, 15) is 9.18 Å². The van der Waals surface area contributed by atoms with Gasteiger partial charge >= 0.3 is 0 Å². The molecule has 1 atom stereocenters. The SMILES string of the molecule is O=C1N(CC2=CC=NC2)Cc2cnc(NCC3CC3)nc2C12CCN(Cc1ccccc1F)C2. The van der Waals surface area contributed by atoms with Crippen LogP contribution >= 0.6 is 0 Å². The number of nitrogens with zero attached hydrogens (tertiary/aromatic N) is 5. The number of aliphatic imine (C=N–C) groups is 1. The lowest BCUT2D eigenvalue weighted by Crippen LogP contribution is -2.53. The lowest BCUT2D eigenvalue weighted by Gasteiger charge is -2.40. The lowest BCUT2D eigenvalue weighted by atomic mass is 9.77. The zero-order valence-corrected chi connectivity index (χ0v) is 19.2. The van der Waals surface area contributed by atoms with Gasteiger partial charge in [0.1, 0.15) is 11.2 Å². The molecular weight excluding hydrogens is 431 g/mol. The zero-order chi connectivity index (χ0) is 23.1. The number of hydrogen-bond donors (Lipinski definition) is 1. The number of benzene rings is 1. The van der Waals surface area contributed by atoms with Crippen molar-refractivity contribution in [2.75, 3.05) is 38.0 Å². The van der Waals surface area contributed by atoms with Crippen molar-refractivity contribution >= 4 is 18.1 Å². The fourth-order valence-corrected chi connectivity index (χ4v) is 5.38. The van der Waals surface area contributed by atoms with Gasteiger partial charge in [-0.2, -0.15) is 0 Å². The molecule has 1 aliphatic carbocycles. The van der Waals surface area contributed by atoms with Crippen molar-refractivity contribution in [3.63, 3.8) is 0 Å². The number of fused-ring (bicyclic) bond motifs is 2. The van der Waals surface area contributed by atoms with Gasteiger partial charge < -0.3 is 10.2 Å². The fraction of sp³-hybridized carbons (Fsp3) is 0.462. The summed E-state index contributed by atoms with van der Waals surface area (Å²) in [5.41, 5.74) is 2.90. The smallest absolute Gasteiger partial charge is 0.236 e. The first-order chi connectivity index (χ1) is 16.6.